The molecule has 4 N–H and O–H groups in total. The molecule has 1 amide bonds. The van der Waals surface area contributed by atoms with E-state index in [1.54, 1.807) is 19.4 Å². The molecule has 0 saturated heterocycles. The third-order valence-electron chi connectivity index (χ3n) is 5.82. The minimum absolute atomic E-state index is 0.237. The molecule has 0 fully saturated rings. The summed E-state index contributed by atoms with van der Waals surface area (Å²) in [7, 11) is 6.22. The van der Waals surface area contributed by atoms with Crippen LogP contribution < -0.4 is 30.3 Å². The highest BCUT2D eigenvalue weighted by Gasteiger charge is 2.17. The molecule has 3 aromatic rings. The van der Waals surface area contributed by atoms with Gasteiger partial charge < -0.3 is 35.2 Å². The number of nitrogens with one attached hydrogen (secondary N) is 4. The van der Waals surface area contributed by atoms with Crippen LogP contribution in [0.25, 0.3) is 0 Å². The number of nitrogens with zero attached hydrogens (tertiary/aromatic N) is 4. The van der Waals surface area contributed by atoms with Gasteiger partial charge in [-0.15, -0.1) is 0 Å². The Balaban J connectivity index is 1.98. The van der Waals surface area contributed by atoms with Crippen molar-refractivity contribution in [3.8, 4) is 5.75 Å². The molecule has 0 aliphatic carbocycles. The Bertz CT molecular complexity index is 1400. The van der Waals surface area contributed by atoms with Gasteiger partial charge in [0.15, 0.2) is 5.82 Å². The van der Waals surface area contributed by atoms with Gasteiger partial charge >= 0.3 is 0 Å². The van der Waals surface area contributed by atoms with Crippen LogP contribution in [-0.2, 0) is 15.8 Å². The summed E-state index contributed by atoms with van der Waals surface area (Å²) in [6.07, 6.45) is 4.24. The summed E-state index contributed by atoms with van der Waals surface area (Å²) in [4.78, 5) is 25.2. The molecule has 214 valence electrons. The van der Waals surface area contributed by atoms with E-state index >= 15 is 0 Å². The number of carbonyl (C=O) groups excluding carboxylic acids is 1. The van der Waals surface area contributed by atoms with Gasteiger partial charge in [-0.3, -0.25) is 4.79 Å². The first-order valence-electron chi connectivity index (χ1n) is 12.3. The van der Waals surface area contributed by atoms with Crippen LogP contribution >= 0.6 is 11.6 Å². The lowest BCUT2D eigenvalue weighted by atomic mass is 10.2. The lowest BCUT2D eigenvalue weighted by Gasteiger charge is -2.26. The predicted molar refractivity (Wildman–Crippen MR) is 166 cm³/mol. The Morgan fingerprint density at radius 2 is 1.90 bits per heavy atom. The van der Waals surface area contributed by atoms with E-state index in [2.05, 4.69) is 42.1 Å². The minimum Gasteiger partial charge on any atom is -0.494 e. The van der Waals surface area contributed by atoms with E-state index in [1.165, 1.54) is 12.3 Å². The molecule has 40 heavy (non-hydrogen) atoms. The number of amides is 1. The Kier molecular flexibility index (Phi) is 10.7. The number of ether oxygens (including phenoxy) is 1. The third kappa shape index (κ3) is 8.07. The summed E-state index contributed by atoms with van der Waals surface area (Å²) in [5.74, 6) is 0.755. The van der Waals surface area contributed by atoms with E-state index in [0.29, 0.717) is 39.3 Å². The lowest BCUT2D eigenvalue weighted by molar-refractivity contribution is -0.111. The van der Waals surface area contributed by atoms with Crippen LogP contribution in [0.4, 0.5) is 40.2 Å². The van der Waals surface area contributed by atoms with Gasteiger partial charge in [-0.25, -0.2) is 9.19 Å². The average Bonchev–Trinajstić information content (AvgIpc) is 2.91. The summed E-state index contributed by atoms with van der Waals surface area (Å²) >= 11 is 6.43. The number of para-hydroxylation sites is 1. The first-order chi connectivity index (χ1) is 19.0. The highest BCUT2D eigenvalue weighted by atomic mass is 35.5. The lowest BCUT2D eigenvalue weighted by Crippen LogP contribution is -2.29. The first-order valence-corrected chi connectivity index (χ1v) is 14.2. The fourth-order valence-electron chi connectivity index (χ4n) is 3.72. The number of aryl methyl sites for hydroxylation is 1. The van der Waals surface area contributed by atoms with Crippen LogP contribution in [0.1, 0.15) is 5.56 Å². The monoisotopic (exact) mass is 586 g/mol. The van der Waals surface area contributed by atoms with Gasteiger partial charge in [-0.1, -0.05) is 30.3 Å². The molecule has 0 saturated carbocycles. The van der Waals surface area contributed by atoms with Crippen LogP contribution in [0, 0.1) is 6.92 Å². The van der Waals surface area contributed by atoms with Crippen molar-refractivity contribution in [2.45, 2.75) is 6.92 Å². The first kappa shape index (κ1) is 30.7. The van der Waals surface area contributed by atoms with Gasteiger partial charge in [0.1, 0.15) is 21.8 Å². The number of methoxy groups -OCH3 is 1. The molecule has 2 aromatic carbocycles. The number of hydrogen-bond acceptors (Lipinski definition) is 9. The van der Waals surface area contributed by atoms with Gasteiger partial charge in [-0.05, 0) is 44.8 Å². The number of aromatic nitrogens is 2. The van der Waals surface area contributed by atoms with E-state index in [0.717, 1.165) is 24.3 Å². The van der Waals surface area contributed by atoms with E-state index in [-0.39, 0.29) is 11.9 Å². The highest BCUT2D eigenvalue weighted by Crippen LogP contribution is 2.38. The summed E-state index contributed by atoms with van der Waals surface area (Å²) in [5.41, 5.74) is 4.08. The Labute approximate surface area is 242 Å². The molecule has 3 rings (SSSR count). The molecule has 1 aromatic heterocycles. The van der Waals surface area contributed by atoms with Crippen molar-refractivity contribution in [3.05, 3.63) is 59.8 Å². The molecular weight excluding hydrogens is 552 g/mol. The molecule has 0 radical (unpaired) electrons. The molecular formula is C27H35ClN8O3S. The molecule has 0 aliphatic heterocycles. The van der Waals surface area contributed by atoms with Crippen molar-refractivity contribution in [1.29, 1.82) is 0 Å². The van der Waals surface area contributed by atoms with Crippen molar-refractivity contribution in [2.24, 2.45) is 0 Å². The zero-order valence-corrected chi connectivity index (χ0v) is 25.0. The summed E-state index contributed by atoms with van der Waals surface area (Å²) in [6.45, 7) is 7.00. The zero-order valence-electron chi connectivity index (χ0n) is 23.5. The summed E-state index contributed by atoms with van der Waals surface area (Å²) < 4.78 is 20.5. The zero-order chi connectivity index (χ0) is 29.4. The summed E-state index contributed by atoms with van der Waals surface area (Å²) in [5, 5.41) is 9.54. The molecule has 0 spiro atoms. The second kappa shape index (κ2) is 14.0. The summed E-state index contributed by atoms with van der Waals surface area (Å²) in [6, 6.07) is 9.20. The molecule has 0 aliphatic rings. The Morgan fingerprint density at radius 3 is 2.55 bits per heavy atom. The van der Waals surface area contributed by atoms with Gasteiger partial charge in [0.05, 0.1) is 41.7 Å². The van der Waals surface area contributed by atoms with Crippen LogP contribution in [0.3, 0.4) is 0 Å². The predicted octanol–water partition coefficient (Wildman–Crippen LogP) is 4.76. The quantitative estimate of drug-likeness (QED) is 0.210. The fraction of sp³-hybridized carbons (Fsp3) is 0.296. The van der Waals surface area contributed by atoms with Crippen molar-refractivity contribution >= 4 is 68.7 Å². The van der Waals surface area contributed by atoms with Gasteiger partial charge in [0.25, 0.3) is 0 Å². The number of rotatable bonds is 13. The van der Waals surface area contributed by atoms with Crippen molar-refractivity contribution < 1.29 is 13.7 Å². The molecule has 0 bridgehead atoms. The molecule has 1 atom stereocenters. The fourth-order valence-corrected chi connectivity index (χ4v) is 4.42. The number of anilines is 7. The number of benzene rings is 2. The van der Waals surface area contributed by atoms with Crippen molar-refractivity contribution in [1.82, 2.24) is 14.9 Å². The Hall–Kier alpha value is -3.87. The smallest absolute Gasteiger partial charge is 0.247 e. The van der Waals surface area contributed by atoms with Gasteiger partial charge in [0.2, 0.25) is 11.9 Å². The second-order valence-corrected chi connectivity index (χ2v) is 10.7. The van der Waals surface area contributed by atoms with Crippen LogP contribution in [0.2, 0.25) is 5.02 Å². The normalized spacial score (nSPS) is 11.5. The molecule has 13 heteroatoms. The number of hydrogen-bond donors (Lipinski definition) is 4. The molecule has 1 heterocycles. The number of halogens is 1. The van der Waals surface area contributed by atoms with E-state index in [1.807, 2.05) is 57.2 Å². The maximum absolute atomic E-state index is 12.2. The standard InChI is InChI=1S/C27H35ClN8O3S/c1-8-24(37)30-20-14-21(23(39-6)15-22(20)36(5)13-12-35(3)4)32-27-29-16-18(28)26(33-27)31-19-11-9-10-17(2)25(19)34-40(7)38/h8-11,14-16,34H,1,12-13H2,2-7H3,(H,30,37)(H2,29,31,32,33). The van der Waals surface area contributed by atoms with Crippen molar-refractivity contribution in [2.75, 3.05) is 73.2 Å². The van der Waals surface area contributed by atoms with Crippen LogP contribution in [-0.4, -0.2) is 72.6 Å². The third-order valence-corrected chi connectivity index (χ3v) is 6.59. The average molecular weight is 587 g/mol. The largest absolute Gasteiger partial charge is 0.494 e. The van der Waals surface area contributed by atoms with Crippen LogP contribution in [0.15, 0.2) is 49.2 Å². The van der Waals surface area contributed by atoms with Gasteiger partial charge in [0, 0.05) is 32.5 Å². The molecule has 1 unspecified atom stereocenters. The maximum atomic E-state index is 12.2. The topological polar surface area (TPSA) is 124 Å². The van der Waals surface area contributed by atoms with Gasteiger partial charge in [-0.2, -0.15) is 4.98 Å². The second-order valence-electron chi connectivity index (χ2n) is 9.18. The highest BCUT2D eigenvalue weighted by molar-refractivity contribution is 7.85. The number of likely N-dealkylation sites (N-methyl/N-ethyl adjacent to an activating group) is 2. The van der Waals surface area contributed by atoms with Crippen LogP contribution in [0.5, 0.6) is 5.75 Å². The number of carbonyl (C=O) groups is 1. The van der Waals surface area contributed by atoms with Crippen molar-refractivity contribution in [3.63, 3.8) is 0 Å². The molecule has 11 nitrogen and oxygen atoms in total. The minimum atomic E-state index is -1.28. The van der Waals surface area contributed by atoms with E-state index in [9.17, 15) is 9.00 Å². The SMILES string of the molecule is C=CC(=O)Nc1cc(Nc2ncc(Cl)c(Nc3cccc(C)c3NS(C)=O)n2)c(OC)cc1N(C)CCN(C)C. The Morgan fingerprint density at radius 1 is 1.15 bits per heavy atom. The van der Waals surface area contributed by atoms with E-state index < -0.39 is 11.0 Å². The maximum Gasteiger partial charge on any atom is 0.247 e. The van der Waals surface area contributed by atoms with E-state index in [4.69, 9.17) is 16.3 Å².